The topological polar surface area (TPSA) is 29.5 Å². The van der Waals surface area contributed by atoms with Crippen LogP contribution in [0, 0.1) is 0 Å². The minimum atomic E-state index is -1.70. The van der Waals surface area contributed by atoms with Crippen LogP contribution in [-0.2, 0) is 11.0 Å². The normalized spacial score (nSPS) is 14.0. The Bertz CT molecular complexity index is 477. The summed E-state index contributed by atoms with van der Waals surface area (Å²) in [7, 11) is -1.70. The molecule has 2 nitrogen and oxygen atoms in total. The van der Waals surface area contributed by atoms with Gasteiger partial charge in [-0.1, -0.05) is 64.8 Å². The number of aliphatic hydroxyl groups is 1. The molecule has 0 fully saturated rings. The summed E-state index contributed by atoms with van der Waals surface area (Å²) in [5, 5.41) is 9.27. The van der Waals surface area contributed by atoms with Crippen LogP contribution in [0.5, 0.6) is 0 Å². The van der Waals surface area contributed by atoms with Crippen molar-refractivity contribution in [2.45, 2.75) is 90.5 Å². The first-order valence-electron chi connectivity index (χ1n) is 9.55. The zero-order valence-corrected chi connectivity index (χ0v) is 17.7. The zero-order valence-electron chi connectivity index (χ0n) is 16.7. The summed E-state index contributed by atoms with van der Waals surface area (Å²) in [6.07, 6.45) is 5.60. The molecule has 1 unspecified atom stereocenters. The van der Waals surface area contributed by atoms with Crippen molar-refractivity contribution in [1.82, 2.24) is 0 Å². The van der Waals surface area contributed by atoms with Gasteiger partial charge in [0.1, 0.15) is 0 Å². The van der Waals surface area contributed by atoms with Gasteiger partial charge >= 0.3 is 0 Å². The third-order valence-electron chi connectivity index (χ3n) is 5.43. The van der Waals surface area contributed by atoms with E-state index in [9.17, 15) is 0 Å². The Labute approximate surface area is 150 Å². The van der Waals surface area contributed by atoms with E-state index >= 15 is 0 Å². The Morgan fingerprint density at radius 3 is 2.42 bits per heavy atom. The lowest BCUT2D eigenvalue weighted by atomic mass is 9.89. The second-order valence-corrected chi connectivity index (χ2v) is 13.3. The fourth-order valence-corrected chi connectivity index (χ4v) is 3.71. The molecule has 0 aliphatic carbocycles. The van der Waals surface area contributed by atoms with E-state index in [1.54, 1.807) is 0 Å². The lowest BCUT2D eigenvalue weighted by molar-refractivity contribution is 0.276. The molecule has 0 spiro atoms. The third-order valence-corrected chi connectivity index (χ3v) is 9.90. The van der Waals surface area contributed by atoms with Crippen molar-refractivity contribution >= 4 is 8.32 Å². The SMILES string of the molecule is CCCC(CCCCO)c1cccc(CO[Si](C)(C)C(C)(C)C)c1. The molecule has 0 aliphatic heterocycles. The second-order valence-electron chi connectivity index (χ2n) is 8.50. The number of unbranched alkanes of at least 4 members (excludes halogenated alkanes) is 1. The van der Waals surface area contributed by atoms with Gasteiger partial charge in [-0.05, 0) is 54.4 Å². The van der Waals surface area contributed by atoms with Crippen molar-refractivity contribution in [1.29, 1.82) is 0 Å². The Hall–Kier alpha value is -0.643. The highest BCUT2D eigenvalue weighted by Crippen LogP contribution is 2.37. The molecular weight excluding hydrogens is 312 g/mol. The van der Waals surface area contributed by atoms with Crippen molar-refractivity contribution in [2.24, 2.45) is 0 Å². The molecular formula is C21H38O2Si. The highest BCUT2D eigenvalue weighted by atomic mass is 28.4. The van der Waals surface area contributed by atoms with Crippen molar-refractivity contribution < 1.29 is 9.53 Å². The Balaban J connectivity index is 2.77. The minimum absolute atomic E-state index is 0.250. The molecule has 0 aromatic heterocycles. The lowest BCUT2D eigenvalue weighted by Crippen LogP contribution is -2.40. The van der Waals surface area contributed by atoms with Gasteiger partial charge in [-0.2, -0.15) is 0 Å². The van der Waals surface area contributed by atoms with E-state index in [1.165, 1.54) is 30.4 Å². The monoisotopic (exact) mass is 350 g/mol. The van der Waals surface area contributed by atoms with E-state index < -0.39 is 8.32 Å². The highest BCUT2D eigenvalue weighted by molar-refractivity contribution is 6.74. The fraction of sp³-hybridized carbons (Fsp3) is 0.714. The molecule has 1 aromatic rings. The van der Waals surface area contributed by atoms with Gasteiger partial charge in [0.25, 0.3) is 0 Å². The standard InChI is InChI=1S/C21H38O2Si/c1-7-11-19(13-8-9-15-22)20-14-10-12-18(16-20)17-23-24(5,6)21(2,3)4/h10,12,14,16,19,22H,7-9,11,13,15,17H2,1-6H3. The van der Waals surface area contributed by atoms with Crippen molar-refractivity contribution in [3.8, 4) is 0 Å². The zero-order chi connectivity index (χ0) is 18.2. The van der Waals surface area contributed by atoms with Gasteiger partial charge in [0, 0.05) is 6.61 Å². The summed E-state index contributed by atoms with van der Waals surface area (Å²) in [5.74, 6) is 0.606. The molecule has 1 aromatic carbocycles. The number of hydrogen-bond donors (Lipinski definition) is 1. The maximum Gasteiger partial charge on any atom is 0.192 e. The van der Waals surface area contributed by atoms with Crippen molar-refractivity contribution in [3.05, 3.63) is 35.4 Å². The first-order chi connectivity index (χ1) is 11.2. The van der Waals surface area contributed by atoms with E-state index in [-0.39, 0.29) is 5.04 Å². The highest BCUT2D eigenvalue weighted by Gasteiger charge is 2.37. The predicted molar refractivity (Wildman–Crippen MR) is 107 cm³/mol. The van der Waals surface area contributed by atoms with Gasteiger partial charge in [-0.25, -0.2) is 0 Å². The van der Waals surface area contributed by atoms with Crippen molar-refractivity contribution in [3.63, 3.8) is 0 Å². The molecule has 1 N–H and O–H groups in total. The van der Waals surface area contributed by atoms with Crippen LogP contribution in [0.15, 0.2) is 24.3 Å². The molecule has 1 rings (SSSR count). The van der Waals surface area contributed by atoms with Gasteiger partial charge in [0.2, 0.25) is 0 Å². The van der Waals surface area contributed by atoms with Gasteiger partial charge in [-0.15, -0.1) is 0 Å². The maximum absolute atomic E-state index is 9.02. The van der Waals surface area contributed by atoms with E-state index in [4.69, 9.17) is 9.53 Å². The molecule has 0 radical (unpaired) electrons. The van der Waals surface area contributed by atoms with Crippen molar-refractivity contribution in [2.75, 3.05) is 6.61 Å². The summed E-state index contributed by atoms with van der Waals surface area (Å²) in [6, 6.07) is 8.96. The largest absolute Gasteiger partial charge is 0.413 e. The van der Waals surface area contributed by atoms with Crippen LogP contribution in [0.4, 0.5) is 0 Å². The maximum atomic E-state index is 9.02. The molecule has 0 amide bonds. The van der Waals surface area contributed by atoms with Gasteiger partial charge in [0.15, 0.2) is 8.32 Å². The Morgan fingerprint density at radius 2 is 1.83 bits per heavy atom. The summed E-state index contributed by atoms with van der Waals surface area (Å²) in [5.41, 5.74) is 2.73. The lowest BCUT2D eigenvalue weighted by Gasteiger charge is -2.36. The van der Waals surface area contributed by atoms with Crippen LogP contribution in [0.3, 0.4) is 0 Å². The molecule has 0 saturated carbocycles. The summed E-state index contributed by atoms with van der Waals surface area (Å²) in [6.45, 7) is 14.8. The van der Waals surface area contributed by atoms with Gasteiger partial charge in [0.05, 0.1) is 6.61 Å². The molecule has 0 heterocycles. The summed E-state index contributed by atoms with van der Waals surface area (Å²) < 4.78 is 6.38. The number of benzene rings is 1. The number of aliphatic hydroxyl groups excluding tert-OH is 1. The van der Waals surface area contributed by atoms with Crippen LogP contribution in [0.1, 0.15) is 76.8 Å². The molecule has 0 aliphatic rings. The molecule has 3 heteroatoms. The first-order valence-corrected chi connectivity index (χ1v) is 12.5. The minimum Gasteiger partial charge on any atom is -0.413 e. The molecule has 138 valence electrons. The average molecular weight is 351 g/mol. The predicted octanol–water partition coefficient (Wildman–Crippen LogP) is 6.25. The van der Waals surface area contributed by atoms with E-state index in [1.807, 2.05) is 0 Å². The van der Waals surface area contributed by atoms with Crippen LogP contribution in [0.2, 0.25) is 18.1 Å². The van der Waals surface area contributed by atoms with E-state index in [0.717, 1.165) is 19.4 Å². The number of hydrogen-bond acceptors (Lipinski definition) is 2. The Morgan fingerprint density at radius 1 is 1.12 bits per heavy atom. The summed E-state index contributed by atoms with van der Waals surface area (Å²) in [4.78, 5) is 0. The molecule has 0 bridgehead atoms. The quantitative estimate of drug-likeness (QED) is 0.399. The van der Waals surface area contributed by atoms with E-state index in [0.29, 0.717) is 12.5 Å². The van der Waals surface area contributed by atoms with Gasteiger partial charge in [-0.3, -0.25) is 0 Å². The van der Waals surface area contributed by atoms with Crippen LogP contribution in [-0.4, -0.2) is 20.0 Å². The second kappa shape index (κ2) is 9.74. The molecule has 1 atom stereocenters. The molecule has 0 saturated heterocycles. The third kappa shape index (κ3) is 6.70. The smallest absolute Gasteiger partial charge is 0.192 e. The van der Waals surface area contributed by atoms with Crippen LogP contribution in [0.25, 0.3) is 0 Å². The Kier molecular flexibility index (Phi) is 8.68. The van der Waals surface area contributed by atoms with E-state index in [2.05, 4.69) is 65.1 Å². The fourth-order valence-electron chi connectivity index (χ4n) is 2.75. The van der Waals surface area contributed by atoms with Crippen LogP contribution >= 0.6 is 0 Å². The summed E-state index contributed by atoms with van der Waals surface area (Å²) >= 11 is 0. The number of rotatable bonds is 10. The van der Waals surface area contributed by atoms with Crippen LogP contribution < -0.4 is 0 Å². The first kappa shape index (κ1) is 21.4. The average Bonchev–Trinajstić information content (AvgIpc) is 2.51. The van der Waals surface area contributed by atoms with Gasteiger partial charge < -0.3 is 9.53 Å². The molecule has 24 heavy (non-hydrogen) atoms.